The molecular weight excluding hydrogens is 236 g/mol. The second kappa shape index (κ2) is 4.67. The number of aromatic amines is 2. The van der Waals surface area contributed by atoms with Gasteiger partial charge in [-0.3, -0.25) is 15.0 Å². The Labute approximate surface area is 104 Å². The number of nitrogens with one attached hydrogen (secondary N) is 2. The third-order valence-electron chi connectivity index (χ3n) is 2.60. The molecule has 2 aromatic heterocycles. The van der Waals surface area contributed by atoms with Gasteiger partial charge in [0.05, 0.1) is 5.56 Å². The zero-order chi connectivity index (χ0) is 12.4. The van der Waals surface area contributed by atoms with Crippen LogP contribution in [0.2, 0.25) is 0 Å². The number of pyridine rings is 1. The Balaban J connectivity index is 2.60. The van der Waals surface area contributed by atoms with Crippen molar-refractivity contribution in [3.63, 3.8) is 0 Å². The Hall–Kier alpha value is -1.69. The van der Waals surface area contributed by atoms with E-state index in [1.54, 1.807) is 10.6 Å². The van der Waals surface area contributed by atoms with Gasteiger partial charge in [0.1, 0.15) is 0 Å². The number of hydrogen-bond donors (Lipinski definition) is 2. The van der Waals surface area contributed by atoms with Crippen molar-refractivity contribution in [3.8, 4) is 11.4 Å². The second-order valence-corrected chi connectivity index (χ2v) is 4.25. The number of hydrogen-bond acceptors (Lipinski definition) is 3. The highest BCUT2D eigenvalue weighted by Gasteiger charge is 2.10. The van der Waals surface area contributed by atoms with Gasteiger partial charge in [-0.25, -0.2) is 0 Å². The van der Waals surface area contributed by atoms with Crippen LogP contribution in [0, 0.1) is 11.7 Å². The molecule has 90 valence electrons. The van der Waals surface area contributed by atoms with Gasteiger partial charge in [-0.2, -0.15) is 4.98 Å². The van der Waals surface area contributed by atoms with Crippen molar-refractivity contribution in [1.29, 1.82) is 0 Å². The van der Waals surface area contributed by atoms with E-state index in [0.717, 1.165) is 12.1 Å². The zero-order valence-corrected chi connectivity index (χ0v) is 10.6. The summed E-state index contributed by atoms with van der Waals surface area (Å²) in [5, 5.41) is 5.49. The van der Waals surface area contributed by atoms with Gasteiger partial charge >= 0.3 is 0 Å². The third kappa shape index (κ3) is 2.21. The van der Waals surface area contributed by atoms with Gasteiger partial charge in [-0.05, 0) is 37.7 Å². The van der Waals surface area contributed by atoms with Crippen molar-refractivity contribution < 1.29 is 0 Å². The van der Waals surface area contributed by atoms with Crippen molar-refractivity contribution >= 4 is 12.2 Å². The summed E-state index contributed by atoms with van der Waals surface area (Å²) in [5.74, 6) is 0.491. The molecule has 0 radical (unpaired) electrons. The summed E-state index contributed by atoms with van der Waals surface area (Å²) in [7, 11) is 0. The molecule has 0 unspecified atom stereocenters. The zero-order valence-electron chi connectivity index (χ0n) is 9.78. The fourth-order valence-electron chi connectivity index (χ4n) is 1.75. The Kier molecular flexibility index (Phi) is 3.23. The predicted molar refractivity (Wildman–Crippen MR) is 68.5 cm³/mol. The van der Waals surface area contributed by atoms with E-state index in [2.05, 4.69) is 15.2 Å². The average molecular weight is 250 g/mol. The lowest BCUT2D eigenvalue weighted by atomic mass is 10.2. The van der Waals surface area contributed by atoms with Crippen LogP contribution in [-0.2, 0) is 6.54 Å². The summed E-state index contributed by atoms with van der Waals surface area (Å²) < 4.78 is 2.10. The Morgan fingerprint density at radius 3 is 2.76 bits per heavy atom. The quantitative estimate of drug-likeness (QED) is 0.819. The second-order valence-electron chi connectivity index (χ2n) is 3.86. The van der Waals surface area contributed by atoms with Gasteiger partial charge in [0.25, 0.3) is 5.56 Å². The fraction of sp³-hybridized carbons (Fsp3) is 0.364. The van der Waals surface area contributed by atoms with Crippen LogP contribution in [-0.4, -0.2) is 19.7 Å². The van der Waals surface area contributed by atoms with E-state index in [0.29, 0.717) is 22.7 Å². The van der Waals surface area contributed by atoms with Crippen molar-refractivity contribution in [2.45, 2.75) is 26.8 Å². The van der Waals surface area contributed by atoms with Gasteiger partial charge in [-0.1, -0.05) is 6.92 Å². The van der Waals surface area contributed by atoms with Crippen molar-refractivity contribution in [2.75, 3.05) is 0 Å². The Morgan fingerprint density at radius 1 is 1.41 bits per heavy atom. The van der Waals surface area contributed by atoms with E-state index in [1.165, 1.54) is 0 Å². The van der Waals surface area contributed by atoms with Crippen molar-refractivity contribution in [2.24, 2.45) is 0 Å². The van der Waals surface area contributed by atoms with E-state index in [9.17, 15) is 4.79 Å². The summed E-state index contributed by atoms with van der Waals surface area (Å²) >= 11 is 4.88. The smallest absolute Gasteiger partial charge is 0.261 e. The third-order valence-corrected chi connectivity index (χ3v) is 2.79. The van der Waals surface area contributed by atoms with Crippen LogP contribution >= 0.6 is 12.2 Å². The van der Waals surface area contributed by atoms with Crippen molar-refractivity contribution in [3.05, 3.63) is 33.0 Å². The maximum atomic E-state index is 12.2. The lowest BCUT2D eigenvalue weighted by Gasteiger charge is -2.09. The van der Waals surface area contributed by atoms with Gasteiger partial charge in [0.15, 0.2) is 5.82 Å². The van der Waals surface area contributed by atoms with Crippen molar-refractivity contribution in [1.82, 2.24) is 19.7 Å². The fourth-order valence-corrected chi connectivity index (χ4v) is 1.89. The van der Waals surface area contributed by atoms with E-state index in [1.807, 2.05) is 19.9 Å². The highest BCUT2D eigenvalue weighted by molar-refractivity contribution is 7.71. The van der Waals surface area contributed by atoms with E-state index < -0.39 is 0 Å². The van der Waals surface area contributed by atoms with E-state index in [4.69, 9.17) is 12.2 Å². The Bertz CT molecular complexity index is 637. The molecule has 0 amide bonds. The minimum Gasteiger partial charge on any atom is -0.312 e. The van der Waals surface area contributed by atoms with Gasteiger partial charge < -0.3 is 4.57 Å². The normalized spacial score (nSPS) is 10.7. The standard InChI is InChI=1S/C11H14N4OS/c1-3-6-15-7(2)4-5-8(10(15)16)9-12-11(17)14-13-9/h4-5H,3,6H2,1-2H3,(H2,12,13,14,17). The van der Waals surface area contributed by atoms with Gasteiger partial charge in [-0.15, -0.1) is 0 Å². The monoisotopic (exact) mass is 250 g/mol. The molecule has 0 saturated carbocycles. The molecule has 2 rings (SSSR count). The molecule has 2 N–H and O–H groups in total. The molecule has 2 heterocycles. The molecule has 0 aliphatic carbocycles. The molecule has 0 atom stereocenters. The molecule has 0 fully saturated rings. The SMILES string of the molecule is CCCn1c(C)ccc(-c2nc(=S)[nH][nH]2)c1=O. The summed E-state index contributed by atoms with van der Waals surface area (Å²) in [6.45, 7) is 4.68. The van der Waals surface area contributed by atoms with Crippen LogP contribution in [0.1, 0.15) is 19.0 Å². The first-order valence-corrected chi connectivity index (χ1v) is 5.89. The molecular formula is C11H14N4OS. The van der Waals surface area contributed by atoms with Crippen LogP contribution in [0.5, 0.6) is 0 Å². The lowest BCUT2D eigenvalue weighted by Crippen LogP contribution is -2.23. The highest BCUT2D eigenvalue weighted by Crippen LogP contribution is 2.10. The molecule has 6 heteroatoms. The first kappa shape index (κ1) is 11.8. The summed E-state index contributed by atoms with van der Waals surface area (Å²) in [4.78, 5) is 16.3. The first-order valence-electron chi connectivity index (χ1n) is 5.49. The maximum absolute atomic E-state index is 12.2. The molecule has 0 spiro atoms. The summed E-state index contributed by atoms with van der Waals surface area (Å²) in [5.41, 5.74) is 1.45. The number of H-pyrrole nitrogens is 2. The van der Waals surface area contributed by atoms with E-state index >= 15 is 0 Å². The minimum atomic E-state index is -0.0374. The summed E-state index contributed by atoms with van der Waals surface area (Å²) in [6.07, 6.45) is 0.917. The Morgan fingerprint density at radius 2 is 2.18 bits per heavy atom. The highest BCUT2D eigenvalue weighted by atomic mass is 32.1. The largest absolute Gasteiger partial charge is 0.312 e. The van der Waals surface area contributed by atoms with Crippen LogP contribution in [0.4, 0.5) is 0 Å². The molecule has 0 aliphatic heterocycles. The molecule has 0 bridgehead atoms. The topological polar surface area (TPSA) is 66.5 Å². The number of nitrogens with zero attached hydrogens (tertiary/aromatic N) is 2. The molecule has 0 aromatic carbocycles. The first-order chi connectivity index (χ1) is 8.13. The molecule has 0 saturated heterocycles. The minimum absolute atomic E-state index is 0.0374. The van der Waals surface area contributed by atoms with Crippen LogP contribution in [0.25, 0.3) is 11.4 Å². The van der Waals surface area contributed by atoms with Crippen LogP contribution in [0.3, 0.4) is 0 Å². The van der Waals surface area contributed by atoms with E-state index in [-0.39, 0.29) is 5.56 Å². The predicted octanol–water partition coefficient (Wildman–Crippen LogP) is 2.01. The number of aryl methyl sites for hydroxylation is 1. The van der Waals surface area contributed by atoms with Gasteiger partial charge in [0, 0.05) is 12.2 Å². The molecule has 2 aromatic rings. The lowest BCUT2D eigenvalue weighted by molar-refractivity contribution is 0.636. The molecule has 17 heavy (non-hydrogen) atoms. The number of rotatable bonds is 3. The average Bonchev–Trinajstić information content (AvgIpc) is 2.71. The van der Waals surface area contributed by atoms with Crippen LogP contribution < -0.4 is 5.56 Å². The van der Waals surface area contributed by atoms with Gasteiger partial charge in [0.2, 0.25) is 4.77 Å². The number of aromatic nitrogens is 4. The van der Waals surface area contributed by atoms with Crippen LogP contribution in [0.15, 0.2) is 16.9 Å². The summed E-state index contributed by atoms with van der Waals surface area (Å²) in [6, 6.07) is 3.68. The molecule has 5 nitrogen and oxygen atoms in total. The molecule has 0 aliphatic rings. The maximum Gasteiger partial charge on any atom is 0.261 e.